The van der Waals surface area contributed by atoms with Crippen molar-refractivity contribution in [2.45, 2.75) is 32.7 Å². The smallest absolute Gasteiger partial charge is 0.257 e. The van der Waals surface area contributed by atoms with E-state index in [2.05, 4.69) is 35.9 Å². The summed E-state index contributed by atoms with van der Waals surface area (Å²) in [5.41, 5.74) is 5.83. The number of amides is 2. The summed E-state index contributed by atoms with van der Waals surface area (Å²) in [7, 11) is 0. The maximum Gasteiger partial charge on any atom is 0.257 e. The van der Waals surface area contributed by atoms with E-state index in [0.717, 1.165) is 29.8 Å². The molecule has 152 valence electrons. The number of anilines is 3. The Balaban J connectivity index is 1.48. The molecule has 3 aromatic carbocycles. The molecule has 4 rings (SSSR count). The van der Waals surface area contributed by atoms with Gasteiger partial charge in [0.2, 0.25) is 0 Å². The Labute approximate surface area is 176 Å². The van der Waals surface area contributed by atoms with E-state index in [-0.39, 0.29) is 11.8 Å². The summed E-state index contributed by atoms with van der Waals surface area (Å²) in [4.78, 5) is 25.0. The Hall–Kier alpha value is -3.60. The van der Waals surface area contributed by atoms with Gasteiger partial charge in [0.05, 0.1) is 11.3 Å². The van der Waals surface area contributed by atoms with Gasteiger partial charge in [-0.1, -0.05) is 24.3 Å². The Bertz CT molecular complexity index is 1090. The normalized spacial score (nSPS) is 12.9. The molecule has 0 aromatic heterocycles. The molecule has 1 saturated carbocycles. The highest BCUT2D eigenvalue weighted by Gasteiger charge is 2.23. The molecular weight excluding hydrogens is 374 g/mol. The zero-order valence-electron chi connectivity index (χ0n) is 17.2. The van der Waals surface area contributed by atoms with Crippen LogP contribution in [0.15, 0.2) is 66.7 Å². The number of rotatable bonds is 6. The van der Waals surface area contributed by atoms with Gasteiger partial charge in [-0.25, -0.2) is 0 Å². The molecule has 0 spiro atoms. The van der Waals surface area contributed by atoms with E-state index in [9.17, 15) is 9.59 Å². The first kappa shape index (κ1) is 19.7. The van der Waals surface area contributed by atoms with E-state index in [4.69, 9.17) is 0 Å². The van der Waals surface area contributed by atoms with Crippen LogP contribution in [-0.2, 0) is 0 Å². The van der Waals surface area contributed by atoms with Crippen molar-refractivity contribution in [3.8, 4) is 0 Å². The van der Waals surface area contributed by atoms with Crippen LogP contribution >= 0.6 is 0 Å². The predicted octanol–water partition coefficient (Wildman–Crippen LogP) is 5.19. The van der Waals surface area contributed by atoms with Crippen molar-refractivity contribution >= 4 is 28.9 Å². The average molecular weight is 399 g/mol. The molecule has 0 unspecified atom stereocenters. The second kappa shape index (κ2) is 8.41. The van der Waals surface area contributed by atoms with Crippen molar-refractivity contribution in [3.63, 3.8) is 0 Å². The van der Waals surface area contributed by atoms with Gasteiger partial charge in [-0.3, -0.25) is 9.59 Å². The van der Waals surface area contributed by atoms with Gasteiger partial charge in [0, 0.05) is 23.0 Å². The molecule has 2 amide bonds. The topological polar surface area (TPSA) is 70.2 Å². The highest BCUT2D eigenvalue weighted by Crippen LogP contribution is 2.26. The standard InChI is InChI=1S/C25H25N3O2/c1-16-6-5-9-22(17(16)2)28-23-8-4-3-7-21(23)25(30)27-19-12-10-18(11-13-19)24(29)26-20-14-15-20/h3-13,20,28H,14-15H2,1-2H3,(H,26,29)(H,27,30). The third-order valence-corrected chi connectivity index (χ3v) is 5.36. The molecule has 1 aliphatic rings. The first-order valence-corrected chi connectivity index (χ1v) is 10.2. The molecule has 5 nitrogen and oxygen atoms in total. The maximum atomic E-state index is 12.9. The Morgan fingerprint density at radius 2 is 1.50 bits per heavy atom. The lowest BCUT2D eigenvalue weighted by Gasteiger charge is -2.15. The molecule has 3 N–H and O–H groups in total. The summed E-state index contributed by atoms with van der Waals surface area (Å²) in [5.74, 6) is -0.281. The molecule has 5 heteroatoms. The zero-order valence-corrected chi connectivity index (χ0v) is 17.2. The fourth-order valence-electron chi connectivity index (χ4n) is 3.22. The van der Waals surface area contributed by atoms with Crippen LogP contribution < -0.4 is 16.0 Å². The first-order valence-electron chi connectivity index (χ1n) is 10.2. The van der Waals surface area contributed by atoms with Gasteiger partial charge in [0.1, 0.15) is 0 Å². The lowest BCUT2D eigenvalue weighted by molar-refractivity contribution is 0.0950. The first-order chi connectivity index (χ1) is 14.5. The van der Waals surface area contributed by atoms with Crippen LogP contribution in [0.25, 0.3) is 0 Å². The number of para-hydroxylation sites is 1. The van der Waals surface area contributed by atoms with Crippen molar-refractivity contribution in [2.24, 2.45) is 0 Å². The lowest BCUT2D eigenvalue weighted by atomic mass is 10.1. The third kappa shape index (κ3) is 4.51. The van der Waals surface area contributed by atoms with Gasteiger partial charge < -0.3 is 16.0 Å². The van der Waals surface area contributed by atoms with E-state index in [1.165, 1.54) is 5.56 Å². The van der Waals surface area contributed by atoms with Crippen LogP contribution in [0, 0.1) is 13.8 Å². The quantitative estimate of drug-likeness (QED) is 0.534. The van der Waals surface area contributed by atoms with E-state index < -0.39 is 0 Å². The molecule has 0 saturated heterocycles. The third-order valence-electron chi connectivity index (χ3n) is 5.36. The highest BCUT2D eigenvalue weighted by atomic mass is 16.2. The van der Waals surface area contributed by atoms with E-state index in [1.54, 1.807) is 30.3 Å². The van der Waals surface area contributed by atoms with Crippen LogP contribution in [0.4, 0.5) is 17.1 Å². The number of benzene rings is 3. The number of nitrogens with one attached hydrogen (secondary N) is 3. The molecule has 0 atom stereocenters. The van der Waals surface area contributed by atoms with Crippen molar-refractivity contribution in [3.05, 3.63) is 89.0 Å². The summed E-state index contributed by atoms with van der Waals surface area (Å²) in [5, 5.41) is 9.26. The predicted molar refractivity (Wildman–Crippen MR) is 121 cm³/mol. The molecule has 30 heavy (non-hydrogen) atoms. The minimum absolute atomic E-state index is 0.0709. The summed E-state index contributed by atoms with van der Waals surface area (Å²) < 4.78 is 0. The lowest BCUT2D eigenvalue weighted by Crippen LogP contribution is -2.25. The minimum atomic E-state index is -0.210. The monoisotopic (exact) mass is 399 g/mol. The van der Waals surface area contributed by atoms with Crippen molar-refractivity contribution in [1.29, 1.82) is 0 Å². The minimum Gasteiger partial charge on any atom is -0.355 e. The summed E-state index contributed by atoms with van der Waals surface area (Å²) >= 11 is 0. The van der Waals surface area contributed by atoms with Crippen LogP contribution in [0.5, 0.6) is 0 Å². The number of carbonyl (C=O) groups excluding carboxylic acids is 2. The fourth-order valence-corrected chi connectivity index (χ4v) is 3.22. The number of aryl methyl sites for hydroxylation is 1. The van der Waals surface area contributed by atoms with Crippen molar-refractivity contribution in [2.75, 3.05) is 10.6 Å². The van der Waals surface area contributed by atoms with E-state index in [1.807, 2.05) is 30.3 Å². The molecule has 0 aliphatic heterocycles. The van der Waals surface area contributed by atoms with E-state index in [0.29, 0.717) is 22.9 Å². The van der Waals surface area contributed by atoms with Gasteiger partial charge in [-0.05, 0) is 80.3 Å². The summed E-state index contributed by atoms with van der Waals surface area (Å²) in [6, 6.07) is 20.8. The van der Waals surface area contributed by atoms with Crippen LogP contribution in [0.3, 0.4) is 0 Å². The Morgan fingerprint density at radius 3 is 2.23 bits per heavy atom. The van der Waals surface area contributed by atoms with Crippen molar-refractivity contribution < 1.29 is 9.59 Å². The van der Waals surface area contributed by atoms with Crippen LogP contribution in [0.1, 0.15) is 44.7 Å². The summed E-state index contributed by atoms with van der Waals surface area (Å²) in [6.45, 7) is 4.12. The van der Waals surface area contributed by atoms with Gasteiger partial charge in [-0.2, -0.15) is 0 Å². The molecule has 0 heterocycles. The molecular formula is C25H25N3O2. The zero-order chi connectivity index (χ0) is 21.1. The maximum absolute atomic E-state index is 12.9. The van der Waals surface area contributed by atoms with Gasteiger partial charge in [0.15, 0.2) is 0 Å². The number of hydrogen-bond donors (Lipinski definition) is 3. The Morgan fingerprint density at radius 1 is 0.800 bits per heavy atom. The van der Waals surface area contributed by atoms with E-state index >= 15 is 0 Å². The molecule has 1 fully saturated rings. The second-order valence-corrected chi connectivity index (χ2v) is 7.70. The molecule has 1 aliphatic carbocycles. The van der Waals surface area contributed by atoms with Crippen molar-refractivity contribution in [1.82, 2.24) is 5.32 Å². The van der Waals surface area contributed by atoms with Gasteiger partial charge in [0.25, 0.3) is 11.8 Å². The van der Waals surface area contributed by atoms with Crippen LogP contribution in [0.2, 0.25) is 0 Å². The van der Waals surface area contributed by atoms with Gasteiger partial charge >= 0.3 is 0 Å². The second-order valence-electron chi connectivity index (χ2n) is 7.70. The number of carbonyl (C=O) groups is 2. The molecule has 3 aromatic rings. The average Bonchev–Trinajstić information content (AvgIpc) is 3.56. The Kier molecular flexibility index (Phi) is 5.53. The molecule has 0 radical (unpaired) electrons. The van der Waals surface area contributed by atoms with Gasteiger partial charge in [-0.15, -0.1) is 0 Å². The highest BCUT2D eigenvalue weighted by molar-refractivity contribution is 6.08. The summed E-state index contributed by atoms with van der Waals surface area (Å²) in [6.07, 6.45) is 2.10. The largest absolute Gasteiger partial charge is 0.355 e. The molecule has 0 bridgehead atoms. The SMILES string of the molecule is Cc1cccc(Nc2ccccc2C(=O)Nc2ccc(C(=O)NC3CC3)cc2)c1C. The fraction of sp³-hybridized carbons (Fsp3) is 0.200. The number of hydrogen-bond acceptors (Lipinski definition) is 3. The van der Waals surface area contributed by atoms with Crippen LogP contribution in [-0.4, -0.2) is 17.9 Å².